The molecule has 0 aliphatic carbocycles. The quantitative estimate of drug-likeness (QED) is 0.621. The molecule has 1 radical (unpaired) electrons. The van der Waals surface area contributed by atoms with Gasteiger partial charge in [-0.15, -0.1) is 0 Å². The Morgan fingerprint density at radius 3 is 3.00 bits per heavy atom. The van der Waals surface area contributed by atoms with Crippen molar-refractivity contribution in [3.8, 4) is 0 Å². The third kappa shape index (κ3) is 2.05. The summed E-state index contributed by atoms with van der Waals surface area (Å²) in [5.41, 5.74) is 1.16. The second-order valence-electron chi connectivity index (χ2n) is 2.30. The van der Waals surface area contributed by atoms with Crippen molar-refractivity contribution in [2.24, 2.45) is 0 Å². The lowest BCUT2D eigenvalue weighted by Crippen LogP contribution is -2.04. The van der Waals surface area contributed by atoms with Gasteiger partial charge in [0, 0.05) is 12.4 Å². The number of hydrogen-bond donors (Lipinski definition) is 0. The van der Waals surface area contributed by atoms with E-state index in [0.29, 0.717) is 17.7 Å². The van der Waals surface area contributed by atoms with E-state index in [-0.39, 0.29) is 5.97 Å². The van der Waals surface area contributed by atoms with Crippen molar-refractivity contribution in [3.05, 3.63) is 36.5 Å². The zero-order valence-corrected chi connectivity index (χ0v) is 6.91. The Morgan fingerprint density at radius 1 is 1.67 bits per heavy atom. The third-order valence-corrected chi connectivity index (χ3v) is 1.31. The van der Waals surface area contributed by atoms with Gasteiger partial charge >= 0.3 is 5.97 Å². The van der Waals surface area contributed by atoms with Crippen molar-refractivity contribution in [2.45, 2.75) is 6.92 Å². The van der Waals surface area contributed by atoms with Crippen LogP contribution in [0.5, 0.6) is 0 Å². The summed E-state index contributed by atoms with van der Waals surface area (Å²) in [6.07, 6.45) is 3.05. The lowest BCUT2D eigenvalue weighted by molar-refractivity contribution is 0.0526. The first kappa shape index (κ1) is 8.71. The summed E-state index contributed by atoms with van der Waals surface area (Å²) in [7, 11) is 0. The van der Waals surface area contributed by atoms with Gasteiger partial charge in [-0.05, 0) is 25.5 Å². The number of rotatable bonds is 2. The minimum atomic E-state index is -0.351. The number of esters is 1. The normalized spacial score (nSPS) is 9.50. The molecule has 0 bridgehead atoms. The van der Waals surface area contributed by atoms with Crippen LogP contribution in [0.3, 0.4) is 0 Å². The molecule has 0 aromatic carbocycles. The number of carbonyl (C=O) groups excluding carboxylic acids is 1. The van der Waals surface area contributed by atoms with Crippen molar-refractivity contribution in [2.75, 3.05) is 6.61 Å². The van der Waals surface area contributed by atoms with Crippen LogP contribution in [-0.4, -0.2) is 17.6 Å². The molecule has 0 atom stereocenters. The molecule has 1 aromatic heterocycles. The molecule has 3 heteroatoms. The van der Waals surface area contributed by atoms with Crippen LogP contribution in [0.15, 0.2) is 18.5 Å². The smallest absolute Gasteiger partial charge is 0.339 e. The van der Waals surface area contributed by atoms with Crippen LogP contribution in [0.4, 0.5) is 0 Å². The van der Waals surface area contributed by atoms with E-state index in [1.807, 2.05) is 0 Å². The van der Waals surface area contributed by atoms with Crippen molar-refractivity contribution in [1.29, 1.82) is 0 Å². The van der Waals surface area contributed by atoms with Crippen LogP contribution in [0.1, 0.15) is 22.8 Å². The summed E-state index contributed by atoms with van der Waals surface area (Å²) in [5.74, 6) is -0.351. The molecule has 0 spiro atoms. The van der Waals surface area contributed by atoms with Crippen molar-refractivity contribution < 1.29 is 9.53 Å². The maximum absolute atomic E-state index is 11.1. The fourth-order valence-electron chi connectivity index (χ4n) is 0.814. The summed E-state index contributed by atoms with van der Waals surface area (Å²) in [5, 5.41) is 0. The Balaban J connectivity index is 2.81. The topological polar surface area (TPSA) is 39.2 Å². The molecule has 0 aliphatic rings. The Labute approximate surface area is 71.4 Å². The minimum absolute atomic E-state index is 0.351. The number of nitrogens with zero attached hydrogens (tertiary/aromatic N) is 1. The average molecular weight is 164 g/mol. The van der Waals surface area contributed by atoms with Crippen LogP contribution in [-0.2, 0) is 4.74 Å². The number of carbonyl (C=O) groups is 1. The summed E-state index contributed by atoms with van der Waals surface area (Å²) in [4.78, 5) is 14.9. The van der Waals surface area contributed by atoms with Gasteiger partial charge in [0.25, 0.3) is 0 Å². The van der Waals surface area contributed by atoms with E-state index in [0.717, 1.165) is 0 Å². The lowest BCUT2D eigenvalue weighted by atomic mass is 10.2. The molecule has 63 valence electrons. The van der Waals surface area contributed by atoms with Crippen LogP contribution < -0.4 is 0 Å². The summed E-state index contributed by atoms with van der Waals surface area (Å²) in [6.45, 7) is 5.79. The van der Waals surface area contributed by atoms with Gasteiger partial charge in [0.15, 0.2) is 0 Å². The van der Waals surface area contributed by atoms with Gasteiger partial charge in [-0.2, -0.15) is 0 Å². The van der Waals surface area contributed by atoms with E-state index in [1.165, 1.54) is 6.20 Å². The maximum atomic E-state index is 11.1. The molecule has 1 rings (SSSR count). The Bertz CT molecular complexity index is 284. The van der Waals surface area contributed by atoms with Gasteiger partial charge in [-0.3, -0.25) is 4.98 Å². The average Bonchev–Trinajstić information content (AvgIpc) is 2.05. The third-order valence-electron chi connectivity index (χ3n) is 1.31. The molecular weight excluding hydrogens is 154 g/mol. The van der Waals surface area contributed by atoms with Crippen LogP contribution in [0, 0.1) is 6.92 Å². The number of aromatic nitrogens is 1. The SMILES string of the molecule is [CH2]c1cncc(C(=O)OCC)c1. The Morgan fingerprint density at radius 2 is 2.42 bits per heavy atom. The van der Waals surface area contributed by atoms with Crippen molar-refractivity contribution in [3.63, 3.8) is 0 Å². The van der Waals surface area contributed by atoms with E-state index < -0.39 is 0 Å². The fraction of sp³-hybridized carbons (Fsp3) is 0.222. The van der Waals surface area contributed by atoms with E-state index in [1.54, 1.807) is 19.2 Å². The molecule has 0 fully saturated rings. The maximum Gasteiger partial charge on any atom is 0.339 e. The van der Waals surface area contributed by atoms with Crippen molar-refractivity contribution >= 4 is 5.97 Å². The summed E-state index contributed by atoms with van der Waals surface area (Å²) >= 11 is 0. The van der Waals surface area contributed by atoms with E-state index in [4.69, 9.17) is 4.74 Å². The largest absolute Gasteiger partial charge is 0.462 e. The van der Waals surface area contributed by atoms with Gasteiger partial charge in [0.05, 0.1) is 12.2 Å². The molecule has 0 unspecified atom stereocenters. The minimum Gasteiger partial charge on any atom is -0.462 e. The van der Waals surface area contributed by atoms with E-state index >= 15 is 0 Å². The Kier molecular flexibility index (Phi) is 2.80. The zero-order chi connectivity index (χ0) is 8.97. The van der Waals surface area contributed by atoms with Gasteiger partial charge in [0.2, 0.25) is 0 Å². The monoisotopic (exact) mass is 164 g/mol. The molecule has 0 amide bonds. The highest BCUT2D eigenvalue weighted by Gasteiger charge is 2.05. The summed E-state index contributed by atoms with van der Waals surface area (Å²) < 4.78 is 4.78. The number of hydrogen-bond acceptors (Lipinski definition) is 3. The molecule has 0 saturated heterocycles. The molecule has 1 aromatic rings. The highest BCUT2D eigenvalue weighted by molar-refractivity contribution is 5.89. The highest BCUT2D eigenvalue weighted by Crippen LogP contribution is 2.02. The second-order valence-corrected chi connectivity index (χ2v) is 2.30. The second kappa shape index (κ2) is 3.85. The predicted octanol–water partition coefficient (Wildman–Crippen LogP) is 1.44. The van der Waals surface area contributed by atoms with Crippen LogP contribution in [0.25, 0.3) is 0 Å². The molecule has 0 saturated carbocycles. The lowest BCUT2D eigenvalue weighted by Gasteiger charge is -2.00. The fourth-order valence-corrected chi connectivity index (χ4v) is 0.814. The van der Waals surface area contributed by atoms with Gasteiger partial charge in [0.1, 0.15) is 0 Å². The first-order chi connectivity index (χ1) is 5.74. The number of ether oxygens (including phenoxy) is 1. The molecule has 0 aliphatic heterocycles. The molecule has 3 nitrogen and oxygen atoms in total. The molecule has 12 heavy (non-hydrogen) atoms. The van der Waals surface area contributed by atoms with Crippen molar-refractivity contribution in [1.82, 2.24) is 4.98 Å². The number of pyridine rings is 1. The van der Waals surface area contributed by atoms with Crippen LogP contribution >= 0.6 is 0 Å². The first-order valence-corrected chi connectivity index (χ1v) is 3.68. The van der Waals surface area contributed by atoms with Gasteiger partial charge in [-0.1, -0.05) is 0 Å². The molecule has 1 heterocycles. The molecular formula is C9H10NO2. The Hall–Kier alpha value is -1.38. The first-order valence-electron chi connectivity index (χ1n) is 3.68. The predicted molar refractivity (Wildman–Crippen MR) is 44.7 cm³/mol. The molecule has 0 N–H and O–H groups in total. The van der Waals surface area contributed by atoms with Gasteiger partial charge < -0.3 is 4.74 Å². The zero-order valence-electron chi connectivity index (χ0n) is 6.91. The van der Waals surface area contributed by atoms with Crippen LogP contribution in [0.2, 0.25) is 0 Å². The van der Waals surface area contributed by atoms with Gasteiger partial charge in [-0.25, -0.2) is 4.79 Å². The van der Waals surface area contributed by atoms with E-state index in [9.17, 15) is 4.79 Å². The van der Waals surface area contributed by atoms with E-state index in [2.05, 4.69) is 11.9 Å². The standard InChI is InChI=1S/C9H10NO2/c1-3-12-9(11)8-4-7(2)5-10-6-8/h4-6H,2-3H2,1H3. The highest BCUT2D eigenvalue weighted by atomic mass is 16.5. The summed E-state index contributed by atoms with van der Waals surface area (Å²) in [6, 6.07) is 1.64.